The Morgan fingerprint density at radius 3 is 1.13 bits per heavy atom. The molecule has 0 radical (unpaired) electrons. The minimum Gasteiger partial charge on any atom is -0.387 e. The summed E-state index contributed by atoms with van der Waals surface area (Å²) >= 11 is 0. The van der Waals surface area contributed by atoms with Gasteiger partial charge in [0.15, 0.2) is 0 Å². The van der Waals surface area contributed by atoms with E-state index in [4.69, 9.17) is 4.74 Å². The van der Waals surface area contributed by atoms with Gasteiger partial charge in [-0.15, -0.1) is 0 Å². The van der Waals surface area contributed by atoms with E-state index in [0.717, 1.165) is 31.9 Å². The zero-order valence-corrected chi connectivity index (χ0v) is 26.0. The number of carbonyl (C=O) groups is 3. The van der Waals surface area contributed by atoms with Crippen molar-refractivity contribution >= 4 is 17.7 Å². The molecule has 228 valence electrons. The first-order valence-corrected chi connectivity index (χ1v) is 14.6. The minimum absolute atomic E-state index is 0.0295. The predicted molar refractivity (Wildman–Crippen MR) is 159 cm³/mol. The second kappa shape index (κ2) is 21.6. The number of carbonyl (C=O) groups excluding carboxylic acids is 3. The largest absolute Gasteiger partial charge is 0.387 e. The first-order chi connectivity index (χ1) is 18.3. The lowest BCUT2D eigenvalue weighted by atomic mass is 10.1. The van der Waals surface area contributed by atoms with Crippen molar-refractivity contribution in [2.24, 2.45) is 23.7 Å². The molecule has 0 unspecified atom stereocenters. The number of hydrogen-bond donors (Lipinski definition) is 4. The first kappa shape index (κ1) is 36.8. The van der Waals surface area contributed by atoms with Gasteiger partial charge in [-0.25, -0.2) is 0 Å². The summed E-state index contributed by atoms with van der Waals surface area (Å²) in [6, 6.07) is 0. The molecule has 0 aliphatic rings. The molecule has 39 heavy (non-hydrogen) atoms. The fourth-order valence-electron chi connectivity index (χ4n) is 3.36. The van der Waals surface area contributed by atoms with Gasteiger partial charge in [-0.05, 0) is 5.92 Å². The molecule has 0 heterocycles. The molecule has 0 atom stereocenters. The van der Waals surface area contributed by atoms with E-state index in [-0.39, 0.29) is 35.5 Å². The van der Waals surface area contributed by atoms with Crippen molar-refractivity contribution in [3.63, 3.8) is 0 Å². The molecule has 10 heteroatoms. The Bertz CT molecular complexity index is 602. The molecule has 0 bridgehead atoms. The van der Waals surface area contributed by atoms with Crippen LogP contribution in [0.25, 0.3) is 0 Å². The Kier molecular flexibility index (Phi) is 20.4. The van der Waals surface area contributed by atoms with Crippen LogP contribution in [0.2, 0.25) is 0 Å². The average molecular weight is 555 g/mol. The maximum Gasteiger partial charge on any atom is 0.222 e. The normalized spacial score (nSPS) is 11.6. The van der Waals surface area contributed by atoms with E-state index in [9.17, 15) is 14.4 Å². The molecule has 0 fully saturated rings. The molecule has 4 N–H and O–H groups in total. The maximum absolute atomic E-state index is 11.9. The van der Waals surface area contributed by atoms with Crippen LogP contribution in [0.3, 0.4) is 0 Å². The summed E-state index contributed by atoms with van der Waals surface area (Å²) in [5.41, 5.74) is 1.02. The van der Waals surface area contributed by atoms with Gasteiger partial charge >= 0.3 is 0 Å². The highest BCUT2D eigenvalue weighted by molar-refractivity contribution is 5.78. The van der Waals surface area contributed by atoms with Gasteiger partial charge < -0.3 is 26.0 Å². The van der Waals surface area contributed by atoms with E-state index in [2.05, 4.69) is 51.5 Å². The highest BCUT2D eigenvalue weighted by Crippen LogP contribution is 2.02. The Morgan fingerprint density at radius 1 is 0.538 bits per heavy atom. The quantitative estimate of drug-likeness (QED) is 0.142. The molecule has 0 rings (SSSR count). The number of nitrogens with zero attached hydrogens (tertiary/aromatic N) is 2. The van der Waals surface area contributed by atoms with E-state index in [1.165, 1.54) is 0 Å². The summed E-state index contributed by atoms with van der Waals surface area (Å²) in [6.45, 7) is 27.6. The third kappa shape index (κ3) is 19.5. The molecular formula is C29H58N6O4. The van der Waals surface area contributed by atoms with Crippen LogP contribution in [0.5, 0.6) is 0 Å². The van der Waals surface area contributed by atoms with Crippen molar-refractivity contribution in [2.75, 3.05) is 78.7 Å². The van der Waals surface area contributed by atoms with Gasteiger partial charge in [0.05, 0.1) is 13.2 Å². The number of amides is 3. The lowest BCUT2D eigenvalue weighted by molar-refractivity contribution is -0.124. The maximum atomic E-state index is 11.9. The van der Waals surface area contributed by atoms with Crippen molar-refractivity contribution < 1.29 is 19.1 Å². The molecule has 0 saturated heterocycles. The summed E-state index contributed by atoms with van der Waals surface area (Å²) in [4.78, 5) is 40.2. The van der Waals surface area contributed by atoms with Crippen molar-refractivity contribution in [3.8, 4) is 0 Å². The highest BCUT2D eigenvalue weighted by Gasteiger charge is 2.12. The van der Waals surface area contributed by atoms with Crippen LogP contribution in [0.1, 0.15) is 55.4 Å². The van der Waals surface area contributed by atoms with Gasteiger partial charge in [-0.2, -0.15) is 0 Å². The lowest BCUT2D eigenvalue weighted by Crippen LogP contribution is -2.42. The molecular weight excluding hydrogens is 496 g/mol. The van der Waals surface area contributed by atoms with Gasteiger partial charge in [-0.1, -0.05) is 62.0 Å². The van der Waals surface area contributed by atoms with E-state index < -0.39 is 0 Å². The second-order valence-corrected chi connectivity index (χ2v) is 11.2. The SMILES string of the molecule is C=C(NCCN(CCNC(=O)C(C)C)CCOCCN(CCNC(=O)C(C)C)CCNC(=O)C(C)C)C(C)C. The van der Waals surface area contributed by atoms with E-state index >= 15 is 0 Å². The smallest absolute Gasteiger partial charge is 0.222 e. The average Bonchev–Trinajstić information content (AvgIpc) is 2.86. The zero-order chi connectivity index (χ0) is 29.8. The second-order valence-electron chi connectivity index (χ2n) is 11.2. The molecule has 3 amide bonds. The fourth-order valence-corrected chi connectivity index (χ4v) is 3.36. The molecule has 0 aromatic carbocycles. The highest BCUT2D eigenvalue weighted by atomic mass is 16.5. The van der Waals surface area contributed by atoms with Crippen LogP contribution < -0.4 is 21.3 Å². The van der Waals surface area contributed by atoms with Crippen LogP contribution in [-0.2, 0) is 19.1 Å². The number of nitrogens with one attached hydrogen (secondary N) is 4. The molecule has 0 aromatic rings. The van der Waals surface area contributed by atoms with Crippen molar-refractivity contribution in [1.82, 2.24) is 31.1 Å². The van der Waals surface area contributed by atoms with Crippen molar-refractivity contribution in [2.45, 2.75) is 55.4 Å². The Hall–Kier alpha value is -2.17. The first-order valence-electron chi connectivity index (χ1n) is 14.6. The van der Waals surface area contributed by atoms with Gasteiger partial charge in [0.2, 0.25) is 17.7 Å². The third-order valence-corrected chi connectivity index (χ3v) is 6.34. The number of allylic oxidation sites excluding steroid dienone is 1. The van der Waals surface area contributed by atoms with E-state index in [1.54, 1.807) is 0 Å². The Balaban J connectivity index is 4.67. The van der Waals surface area contributed by atoms with Crippen molar-refractivity contribution in [3.05, 3.63) is 12.3 Å². The van der Waals surface area contributed by atoms with Gasteiger partial charge in [0.1, 0.15) is 0 Å². The van der Waals surface area contributed by atoms with Crippen LogP contribution in [0.4, 0.5) is 0 Å². The molecule has 0 spiro atoms. The van der Waals surface area contributed by atoms with Gasteiger partial charge in [0, 0.05) is 88.9 Å². The van der Waals surface area contributed by atoms with Crippen LogP contribution in [0, 0.1) is 23.7 Å². The number of hydrogen-bond acceptors (Lipinski definition) is 7. The topological polar surface area (TPSA) is 115 Å². The lowest BCUT2D eigenvalue weighted by Gasteiger charge is -2.25. The Labute approximate surface area is 238 Å². The molecule has 10 nitrogen and oxygen atoms in total. The van der Waals surface area contributed by atoms with Gasteiger partial charge in [-0.3, -0.25) is 24.2 Å². The van der Waals surface area contributed by atoms with E-state index in [0.29, 0.717) is 58.4 Å². The summed E-state index contributed by atoms with van der Waals surface area (Å²) in [5.74, 6) is 0.392. The summed E-state index contributed by atoms with van der Waals surface area (Å²) < 4.78 is 5.97. The standard InChI is InChI=1S/C29H58N6O4/c1-22(2)26(9)30-10-14-34(15-11-31-27(36)23(3)4)18-20-39-21-19-35(16-12-32-28(37)24(5)6)17-13-33-29(38)25(7)8/h22-25,30H,9-21H2,1-8H3,(H,31,36)(H,32,37)(H,33,38). The molecule has 0 aliphatic carbocycles. The summed E-state index contributed by atoms with van der Waals surface area (Å²) in [5, 5.41) is 12.3. The summed E-state index contributed by atoms with van der Waals surface area (Å²) in [7, 11) is 0. The third-order valence-electron chi connectivity index (χ3n) is 6.34. The monoisotopic (exact) mass is 554 g/mol. The minimum atomic E-state index is -0.0487. The number of ether oxygens (including phenoxy) is 1. The van der Waals surface area contributed by atoms with Gasteiger partial charge in [0.25, 0.3) is 0 Å². The predicted octanol–water partition coefficient (Wildman–Crippen LogP) is 1.68. The molecule has 0 saturated carbocycles. The zero-order valence-electron chi connectivity index (χ0n) is 26.0. The van der Waals surface area contributed by atoms with Crippen LogP contribution in [-0.4, -0.2) is 106 Å². The van der Waals surface area contributed by atoms with E-state index in [1.807, 2.05) is 41.5 Å². The summed E-state index contributed by atoms with van der Waals surface area (Å²) in [6.07, 6.45) is 0. The Morgan fingerprint density at radius 2 is 0.846 bits per heavy atom. The van der Waals surface area contributed by atoms with Crippen molar-refractivity contribution in [1.29, 1.82) is 0 Å². The molecule has 0 aliphatic heterocycles. The van der Waals surface area contributed by atoms with Crippen LogP contribution >= 0.6 is 0 Å². The molecule has 0 aromatic heterocycles. The fraction of sp³-hybridized carbons (Fsp3) is 0.828. The van der Waals surface area contributed by atoms with Crippen LogP contribution in [0.15, 0.2) is 12.3 Å². The number of rotatable bonds is 23.